The zero-order valence-electron chi connectivity index (χ0n) is 16.9. The molecule has 7 heteroatoms. The van der Waals surface area contributed by atoms with Gasteiger partial charge in [0.2, 0.25) is 0 Å². The third kappa shape index (κ3) is 4.88. The monoisotopic (exact) mass is 435 g/mol. The number of benzene rings is 2. The lowest BCUT2D eigenvalue weighted by molar-refractivity contribution is 0.0734. The molecule has 158 valence electrons. The SMILES string of the molecule is Cc1cc(O)c(C2=NCCSC(c3ccc(OC(=O)c4ccccc4)cc3)C2)c(=O)o1. The van der Waals surface area contributed by atoms with E-state index in [-0.39, 0.29) is 16.6 Å². The predicted octanol–water partition coefficient (Wildman–Crippen LogP) is 4.54. The molecule has 4 rings (SSSR count). The fraction of sp³-hybridized carbons (Fsp3) is 0.208. The van der Waals surface area contributed by atoms with Gasteiger partial charge in [-0.3, -0.25) is 4.99 Å². The Labute approximate surface area is 183 Å². The number of esters is 1. The predicted molar refractivity (Wildman–Crippen MR) is 120 cm³/mol. The quantitative estimate of drug-likeness (QED) is 0.478. The van der Waals surface area contributed by atoms with Crippen molar-refractivity contribution in [3.8, 4) is 11.5 Å². The molecule has 1 N–H and O–H groups in total. The lowest BCUT2D eigenvalue weighted by Crippen LogP contribution is -2.17. The summed E-state index contributed by atoms with van der Waals surface area (Å²) in [6, 6.07) is 17.6. The molecular weight excluding hydrogens is 414 g/mol. The molecule has 0 radical (unpaired) electrons. The Kier molecular flexibility index (Phi) is 6.23. The van der Waals surface area contributed by atoms with E-state index in [2.05, 4.69) is 4.99 Å². The summed E-state index contributed by atoms with van der Waals surface area (Å²) in [5.74, 6) is 1.08. The fourth-order valence-corrected chi connectivity index (χ4v) is 4.53. The van der Waals surface area contributed by atoms with Crippen LogP contribution in [0.1, 0.15) is 38.9 Å². The van der Waals surface area contributed by atoms with E-state index in [1.54, 1.807) is 55.1 Å². The van der Waals surface area contributed by atoms with Gasteiger partial charge in [0.25, 0.3) is 0 Å². The van der Waals surface area contributed by atoms with Gasteiger partial charge in [-0.15, -0.1) is 0 Å². The van der Waals surface area contributed by atoms with Crippen molar-refractivity contribution in [2.45, 2.75) is 18.6 Å². The maximum absolute atomic E-state index is 12.3. The first-order chi connectivity index (χ1) is 15.0. The van der Waals surface area contributed by atoms with E-state index in [9.17, 15) is 14.7 Å². The third-order valence-corrected chi connectivity index (χ3v) is 6.17. The van der Waals surface area contributed by atoms with E-state index in [1.807, 2.05) is 18.2 Å². The molecule has 0 saturated carbocycles. The molecule has 1 aliphatic rings. The summed E-state index contributed by atoms with van der Waals surface area (Å²) >= 11 is 1.73. The van der Waals surface area contributed by atoms with Crippen molar-refractivity contribution in [1.82, 2.24) is 0 Å². The van der Waals surface area contributed by atoms with E-state index in [4.69, 9.17) is 9.15 Å². The van der Waals surface area contributed by atoms with Gasteiger partial charge < -0.3 is 14.3 Å². The highest BCUT2D eigenvalue weighted by atomic mass is 32.2. The Bertz CT molecular complexity index is 1170. The van der Waals surface area contributed by atoms with E-state index in [1.165, 1.54) is 6.07 Å². The molecule has 3 aromatic rings. The highest BCUT2D eigenvalue weighted by molar-refractivity contribution is 7.99. The maximum Gasteiger partial charge on any atom is 0.348 e. The van der Waals surface area contributed by atoms with Crippen molar-refractivity contribution >= 4 is 23.4 Å². The number of aliphatic imine (C=N–C) groups is 1. The summed E-state index contributed by atoms with van der Waals surface area (Å²) in [7, 11) is 0. The largest absolute Gasteiger partial charge is 0.507 e. The zero-order chi connectivity index (χ0) is 21.8. The maximum atomic E-state index is 12.3. The van der Waals surface area contributed by atoms with E-state index in [0.717, 1.165) is 11.3 Å². The number of aryl methyl sites for hydroxylation is 1. The van der Waals surface area contributed by atoms with Gasteiger partial charge in [0.15, 0.2) is 0 Å². The minimum Gasteiger partial charge on any atom is -0.507 e. The standard InChI is InChI=1S/C24H21NO5S/c1-15-13-20(26)22(24(28)29-15)19-14-21(31-12-11-25-19)16-7-9-18(10-8-16)30-23(27)17-5-3-2-4-6-17/h2-10,13,21,26H,11-12,14H2,1H3. The number of aromatic hydroxyl groups is 1. The minimum absolute atomic E-state index is 0.0419. The molecule has 1 aromatic heterocycles. The van der Waals surface area contributed by atoms with Crippen LogP contribution in [-0.2, 0) is 0 Å². The summed E-state index contributed by atoms with van der Waals surface area (Å²) in [6.45, 7) is 2.17. The van der Waals surface area contributed by atoms with Crippen molar-refractivity contribution in [2.24, 2.45) is 4.99 Å². The van der Waals surface area contributed by atoms with Gasteiger partial charge in [0.1, 0.15) is 22.8 Å². The average Bonchev–Trinajstić information content (AvgIpc) is 3.00. The van der Waals surface area contributed by atoms with E-state index < -0.39 is 11.6 Å². The van der Waals surface area contributed by atoms with Gasteiger partial charge in [0.05, 0.1) is 11.3 Å². The molecule has 0 amide bonds. The van der Waals surface area contributed by atoms with Crippen LogP contribution >= 0.6 is 11.8 Å². The van der Waals surface area contributed by atoms with Crippen LogP contribution in [0, 0.1) is 6.92 Å². The molecule has 31 heavy (non-hydrogen) atoms. The molecule has 0 spiro atoms. The molecule has 1 aliphatic heterocycles. The second-order valence-corrected chi connectivity index (χ2v) is 8.43. The minimum atomic E-state index is -0.579. The fourth-order valence-electron chi connectivity index (χ4n) is 3.42. The van der Waals surface area contributed by atoms with Crippen LogP contribution in [0.2, 0.25) is 0 Å². The highest BCUT2D eigenvalue weighted by Crippen LogP contribution is 2.36. The summed E-state index contributed by atoms with van der Waals surface area (Å²) in [4.78, 5) is 29.1. The van der Waals surface area contributed by atoms with Crippen molar-refractivity contribution < 1.29 is 19.1 Å². The van der Waals surface area contributed by atoms with Crippen LogP contribution in [0.4, 0.5) is 0 Å². The van der Waals surface area contributed by atoms with Gasteiger partial charge in [-0.1, -0.05) is 30.3 Å². The second-order valence-electron chi connectivity index (χ2n) is 7.12. The molecule has 0 saturated heterocycles. The summed E-state index contributed by atoms with van der Waals surface area (Å²) in [5.41, 5.74) is 1.61. The van der Waals surface area contributed by atoms with E-state index in [0.29, 0.717) is 35.8 Å². The van der Waals surface area contributed by atoms with Gasteiger partial charge in [-0.05, 0) is 36.8 Å². The third-order valence-electron chi connectivity index (χ3n) is 4.91. The number of nitrogens with zero attached hydrogens (tertiary/aromatic N) is 1. The Morgan fingerprint density at radius 3 is 2.61 bits per heavy atom. The first-order valence-corrected chi connectivity index (χ1v) is 10.9. The lowest BCUT2D eigenvalue weighted by Gasteiger charge is -2.16. The Hall–Kier alpha value is -3.32. The lowest BCUT2D eigenvalue weighted by atomic mass is 10.0. The average molecular weight is 436 g/mol. The normalized spacial score (nSPS) is 16.3. The molecule has 0 aliphatic carbocycles. The first-order valence-electron chi connectivity index (χ1n) is 9.87. The number of rotatable bonds is 4. The Morgan fingerprint density at radius 1 is 1.16 bits per heavy atom. The van der Waals surface area contributed by atoms with E-state index >= 15 is 0 Å². The van der Waals surface area contributed by atoms with Crippen LogP contribution < -0.4 is 10.4 Å². The number of carbonyl (C=O) groups excluding carboxylic acids is 1. The Morgan fingerprint density at radius 2 is 1.90 bits per heavy atom. The summed E-state index contributed by atoms with van der Waals surface area (Å²) in [5, 5.41) is 10.3. The molecule has 6 nitrogen and oxygen atoms in total. The highest BCUT2D eigenvalue weighted by Gasteiger charge is 2.24. The zero-order valence-corrected chi connectivity index (χ0v) is 17.7. The second kappa shape index (κ2) is 9.22. The van der Waals surface area contributed by atoms with Crippen molar-refractivity contribution in [1.29, 1.82) is 0 Å². The number of hydrogen-bond donors (Lipinski definition) is 1. The first kappa shape index (κ1) is 20.9. The van der Waals surface area contributed by atoms with Crippen LogP contribution in [-0.4, -0.2) is 29.1 Å². The van der Waals surface area contributed by atoms with Crippen molar-refractivity contribution in [3.63, 3.8) is 0 Å². The van der Waals surface area contributed by atoms with Gasteiger partial charge in [0, 0.05) is 30.0 Å². The summed E-state index contributed by atoms with van der Waals surface area (Å²) < 4.78 is 10.6. The van der Waals surface area contributed by atoms with Crippen molar-refractivity contribution in [3.05, 3.63) is 93.5 Å². The van der Waals surface area contributed by atoms with Gasteiger partial charge in [-0.2, -0.15) is 11.8 Å². The number of hydrogen-bond acceptors (Lipinski definition) is 7. The molecule has 0 fully saturated rings. The molecule has 1 atom stereocenters. The number of ether oxygens (including phenoxy) is 1. The van der Waals surface area contributed by atoms with Crippen LogP contribution in [0.3, 0.4) is 0 Å². The van der Waals surface area contributed by atoms with Gasteiger partial charge >= 0.3 is 11.6 Å². The van der Waals surface area contributed by atoms with Crippen LogP contribution in [0.15, 0.2) is 74.9 Å². The molecule has 1 unspecified atom stereocenters. The topological polar surface area (TPSA) is 89.1 Å². The van der Waals surface area contributed by atoms with Crippen LogP contribution in [0.5, 0.6) is 11.5 Å². The molecule has 2 aromatic carbocycles. The van der Waals surface area contributed by atoms with Crippen molar-refractivity contribution in [2.75, 3.05) is 12.3 Å². The summed E-state index contributed by atoms with van der Waals surface area (Å²) in [6.07, 6.45) is 0.481. The molecule has 0 bridgehead atoms. The molecular formula is C24H21NO5S. The number of thioether (sulfide) groups is 1. The van der Waals surface area contributed by atoms with Crippen LogP contribution in [0.25, 0.3) is 0 Å². The molecule has 2 heterocycles. The smallest absolute Gasteiger partial charge is 0.348 e. The van der Waals surface area contributed by atoms with Gasteiger partial charge in [-0.25, -0.2) is 9.59 Å². The number of carbonyl (C=O) groups is 1. The Balaban J connectivity index is 1.51.